The highest BCUT2D eigenvalue weighted by atomic mass is 16.5. The molecule has 36 heavy (non-hydrogen) atoms. The second-order valence-electron chi connectivity index (χ2n) is 15.4. The van der Waals surface area contributed by atoms with Crippen molar-refractivity contribution < 1.29 is 24.9 Å². The van der Waals surface area contributed by atoms with Gasteiger partial charge in [0, 0.05) is 5.41 Å². The van der Waals surface area contributed by atoms with Crippen LogP contribution in [0.3, 0.4) is 0 Å². The Bertz CT molecular complexity index is 968. The summed E-state index contributed by atoms with van der Waals surface area (Å²) in [5, 5.41) is 33.5. The average Bonchev–Trinajstić information content (AvgIpc) is 2.81. The fourth-order valence-corrected chi connectivity index (χ4v) is 10.9. The zero-order valence-electron chi connectivity index (χ0n) is 23.9. The molecule has 0 bridgehead atoms. The van der Waals surface area contributed by atoms with Crippen molar-refractivity contribution in [1.82, 2.24) is 0 Å². The van der Waals surface area contributed by atoms with Crippen LogP contribution in [-0.4, -0.2) is 46.7 Å². The zero-order valence-corrected chi connectivity index (χ0v) is 23.9. The molecule has 5 heteroatoms. The Morgan fingerprint density at radius 1 is 0.889 bits per heavy atom. The fraction of sp³-hybridized carbons (Fsp3) is 0.903. The molecular weight excluding hydrogens is 452 g/mol. The molecule has 0 aromatic rings. The first-order valence-corrected chi connectivity index (χ1v) is 14.4. The molecule has 3 N–H and O–H groups in total. The van der Waals surface area contributed by atoms with Gasteiger partial charge in [0.1, 0.15) is 6.10 Å². The smallest absolute Gasteiger partial charge is 0.312 e. The SMILES string of the molecule is COC(=O)[C@]12CCC(C)(C)C[C@H]1C1=CC[C@@H]3[C@@]4(C)[C@@H](O)[C@H](O)[C@H](O)C(C)(C)[C@@H]4CC[C@@]3(C)[C@]1(C)CC2. The number of aliphatic hydroxyl groups is 3. The molecule has 5 nitrogen and oxygen atoms in total. The van der Waals surface area contributed by atoms with E-state index in [0.29, 0.717) is 0 Å². The van der Waals surface area contributed by atoms with Gasteiger partial charge in [0.2, 0.25) is 0 Å². The van der Waals surface area contributed by atoms with E-state index in [-0.39, 0.29) is 40.0 Å². The number of fused-ring (bicyclic) bond motifs is 7. The number of hydrogen-bond acceptors (Lipinski definition) is 5. The van der Waals surface area contributed by atoms with Crippen LogP contribution in [-0.2, 0) is 9.53 Å². The Labute approximate surface area is 218 Å². The molecule has 5 rings (SSSR count). The Morgan fingerprint density at radius 2 is 1.53 bits per heavy atom. The lowest BCUT2D eigenvalue weighted by Crippen LogP contribution is -2.72. The molecule has 0 aliphatic heterocycles. The van der Waals surface area contributed by atoms with Crippen molar-refractivity contribution in [2.75, 3.05) is 7.11 Å². The lowest BCUT2D eigenvalue weighted by atomic mass is 9.33. The molecule has 0 saturated heterocycles. The number of carbonyl (C=O) groups excluding carboxylic acids is 1. The summed E-state index contributed by atoms with van der Waals surface area (Å²) in [5.41, 5.74) is 0.106. The van der Waals surface area contributed by atoms with Crippen molar-refractivity contribution in [2.24, 2.45) is 50.2 Å². The van der Waals surface area contributed by atoms with Gasteiger partial charge >= 0.3 is 5.97 Å². The van der Waals surface area contributed by atoms with Crippen LogP contribution in [0.4, 0.5) is 0 Å². The predicted octanol–water partition coefficient (Wildman–Crippen LogP) is 5.26. The summed E-state index contributed by atoms with van der Waals surface area (Å²) in [6.45, 7) is 15.9. The van der Waals surface area contributed by atoms with E-state index >= 15 is 0 Å². The highest BCUT2D eigenvalue weighted by Gasteiger charge is 2.72. The number of rotatable bonds is 1. The van der Waals surface area contributed by atoms with Crippen LogP contribution in [0, 0.1) is 50.2 Å². The number of esters is 1. The van der Waals surface area contributed by atoms with Gasteiger partial charge in [-0.1, -0.05) is 60.1 Å². The molecular formula is C31H50O5. The van der Waals surface area contributed by atoms with E-state index in [9.17, 15) is 20.1 Å². The van der Waals surface area contributed by atoms with Gasteiger partial charge in [-0.05, 0) is 90.8 Å². The largest absolute Gasteiger partial charge is 0.469 e. The molecule has 4 saturated carbocycles. The molecule has 4 fully saturated rings. The van der Waals surface area contributed by atoms with Gasteiger partial charge in [0.05, 0.1) is 24.7 Å². The molecule has 204 valence electrons. The summed E-state index contributed by atoms with van der Waals surface area (Å²) < 4.78 is 5.46. The maximum Gasteiger partial charge on any atom is 0.312 e. The molecule has 0 aromatic carbocycles. The molecule has 0 radical (unpaired) electrons. The Morgan fingerprint density at radius 3 is 2.17 bits per heavy atom. The fourth-order valence-electron chi connectivity index (χ4n) is 10.9. The maximum absolute atomic E-state index is 13.4. The molecule has 5 aliphatic carbocycles. The number of carbonyl (C=O) groups is 1. The molecule has 0 aromatic heterocycles. The minimum Gasteiger partial charge on any atom is -0.469 e. The number of aliphatic hydroxyl groups excluding tert-OH is 3. The first-order chi connectivity index (χ1) is 16.5. The van der Waals surface area contributed by atoms with Crippen LogP contribution < -0.4 is 0 Å². The van der Waals surface area contributed by atoms with E-state index in [4.69, 9.17) is 4.74 Å². The van der Waals surface area contributed by atoms with Crippen LogP contribution in [0.15, 0.2) is 11.6 Å². The van der Waals surface area contributed by atoms with E-state index in [2.05, 4.69) is 54.5 Å². The number of ether oxygens (including phenoxy) is 1. The van der Waals surface area contributed by atoms with Crippen LogP contribution in [0.1, 0.15) is 99.8 Å². The van der Waals surface area contributed by atoms with E-state index in [1.165, 1.54) is 5.57 Å². The van der Waals surface area contributed by atoms with Crippen molar-refractivity contribution in [3.8, 4) is 0 Å². The molecule has 0 spiro atoms. The number of allylic oxidation sites excluding steroid dienone is 2. The van der Waals surface area contributed by atoms with Gasteiger partial charge in [0.25, 0.3) is 0 Å². The van der Waals surface area contributed by atoms with E-state index in [0.717, 1.165) is 51.4 Å². The lowest BCUT2D eigenvalue weighted by Gasteiger charge is -2.72. The summed E-state index contributed by atoms with van der Waals surface area (Å²) in [4.78, 5) is 13.4. The normalized spacial score (nSPS) is 53.1. The maximum atomic E-state index is 13.4. The Balaban J connectivity index is 1.63. The summed E-state index contributed by atoms with van der Waals surface area (Å²) in [6, 6.07) is 0. The van der Waals surface area contributed by atoms with E-state index in [1.54, 1.807) is 7.11 Å². The van der Waals surface area contributed by atoms with E-state index < -0.39 is 34.6 Å². The Hall–Kier alpha value is -0.910. The first kappa shape index (κ1) is 26.7. The van der Waals surface area contributed by atoms with E-state index in [1.807, 2.05) is 0 Å². The molecule has 0 amide bonds. The molecule has 0 unspecified atom stereocenters. The summed E-state index contributed by atoms with van der Waals surface area (Å²) >= 11 is 0. The van der Waals surface area contributed by atoms with Crippen molar-refractivity contribution in [1.29, 1.82) is 0 Å². The van der Waals surface area contributed by atoms with Crippen LogP contribution in [0.25, 0.3) is 0 Å². The summed E-state index contributed by atoms with van der Waals surface area (Å²) in [6.07, 6.45) is 6.97. The van der Waals surface area contributed by atoms with Crippen molar-refractivity contribution >= 4 is 5.97 Å². The van der Waals surface area contributed by atoms with Crippen LogP contribution >= 0.6 is 0 Å². The van der Waals surface area contributed by atoms with Crippen molar-refractivity contribution in [3.63, 3.8) is 0 Å². The minimum atomic E-state index is -1.14. The second kappa shape index (κ2) is 7.82. The average molecular weight is 503 g/mol. The van der Waals surface area contributed by atoms with Gasteiger partial charge in [-0.2, -0.15) is 0 Å². The lowest BCUT2D eigenvalue weighted by molar-refractivity contribution is -0.278. The number of hydrogen-bond donors (Lipinski definition) is 3. The zero-order chi connectivity index (χ0) is 26.7. The van der Waals surface area contributed by atoms with Crippen molar-refractivity contribution in [3.05, 3.63) is 11.6 Å². The predicted molar refractivity (Wildman–Crippen MR) is 140 cm³/mol. The van der Waals surface area contributed by atoms with Gasteiger partial charge in [-0.25, -0.2) is 0 Å². The first-order valence-electron chi connectivity index (χ1n) is 14.4. The third-order valence-corrected chi connectivity index (χ3v) is 13.3. The summed E-state index contributed by atoms with van der Waals surface area (Å²) in [5.74, 6) is 0.476. The third-order valence-electron chi connectivity index (χ3n) is 13.3. The third kappa shape index (κ3) is 3.03. The van der Waals surface area contributed by atoms with Gasteiger partial charge < -0.3 is 20.1 Å². The van der Waals surface area contributed by atoms with Gasteiger partial charge in [-0.15, -0.1) is 0 Å². The highest BCUT2D eigenvalue weighted by Crippen LogP contribution is 2.75. The minimum absolute atomic E-state index is 0.0320. The topological polar surface area (TPSA) is 87.0 Å². The van der Waals surface area contributed by atoms with Gasteiger partial charge in [0.15, 0.2) is 0 Å². The molecule has 10 atom stereocenters. The van der Waals surface area contributed by atoms with Crippen LogP contribution in [0.2, 0.25) is 0 Å². The number of methoxy groups -OCH3 is 1. The molecule has 5 aliphatic rings. The monoisotopic (exact) mass is 502 g/mol. The molecule has 0 heterocycles. The van der Waals surface area contributed by atoms with Gasteiger partial charge in [-0.3, -0.25) is 4.79 Å². The van der Waals surface area contributed by atoms with Crippen molar-refractivity contribution in [2.45, 2.75) is 118 Å². The van der Waals surface area contributed by atoms with Crippen LogP contribution in [0.5, 0.6) is 0 Å². The Kier molecular flexibility index (Phi) is 5.80. The quantitative estimate of drug-likeness (QED) is 0.336. The standard InChI is InChI=1S/C31H50O5/c1-26(2)13-15-31(25(35)36-8)16-14-28(5)18(19(31)17-26)9-10-21-29(28,6)12-11-20-27(3,4)23(33)22(32)24(34)30(20,21)7/h9,19-24,32-34H,10-17H2,1-8H3/t19-,20-,21-,22+,23-,24-,28+,29+,30-,31-/m0/s1. The highest BCUT2D eigenvalue weighted by molar-refractivity contribution is 5.78. The second-order valence-corrected chi connectivity index (χ2v) is 15.4. The summed E-state index contributed by atoms with van der Waals surface area (Å²) in [7, 11) is 1.54.